The quantitative estimate of drug-likeness (QED) is 0.922. The molecule has 1 aliphatic rings. The molecule has 0 radical (unpaired) electrons. The van der Waals surface area contributed by atoms with Crippen molar-refractivity contribution in [1.82, 2.24) is 9.88 Å². The van der Waals surface area contributed by atoms with Gasteiger partial charge in [0.2, 0.25) is 0 Å². The van der Waals surface area contributed by atoms with Crippen LogP contribution in [0.1, 0.15) is 23.8 Å². The fraction of sp³-hybridized carbons (Fsp3) is 0.312. The van der Waals surface area contributed by atoms with Crippen LogP contribution in [0.15, 0.2) is 23.6 Å². The second-order valence-electron chi connectivity index (χ2n) is 6.01. The maximum Gasteiger partial charge on any atom is 0.311 e. The molecule has 2 heterocycles. The summed E-state index contributed by atoms with van der Waals surface area (Å²) >= 11 is 1.15. The van der Waals surface area contributed by atoms with Crippen LogP contribution in [0.2, 0.25) is 0 Å². The Labute approximate surface area is 140 Å². The van der Waals surface area contributed by atoms with Gasteiger partial charge in [0.05, 0.1) is 5.41 Å². The van der Waals surface area contributed by atoms with E-state index in [9.17, 15) is 23.5 Å². The molecule has 0 spiro atoms. The van der Waals surface area contributed by atoms with Crippen molar-refractivity contribution in [2.24, 2.45) is 5.41 Å². The Morgan fingerprint density at radius 1 is 1.33 bits per heavy atom. The molecule has 1 aromatic heterocycles. The summed E-state index contributed by atoms with van der Waals surface area (Å²) in [7, 11) is 0. The molecule has 126 valence electrons. The molecule has 8 heteroatoms. The molecule has 0 aliphatic carbocycles. The number of carboxylic acid groups (broad SMARTS) is 1. The smallest absolute Gasteiger partial charge is 0.311 e. The molecule has 0 bridgehead atoms. The summed E-state index contributed by atoms with van der Waals surface area (Å²) < 4.78 is 26.3. The van der Waals surface area contributed by atoms with Crippen LogP contribution in [0.5, 0.6) is 0 Å². The maximum atomic E-state index is 13.3. The zero-order valence-electron chi connectivity index (χ0n) is 12.8. The number of halogens is 2. The van der Waals surface area contributed by atoms with Crippen molar-refractivity contribution >= 4 is 23.2 Å². The zero-order chi connectivity index (χ0) is 17.5. The molecule has 1 aromatic carbocycles. The number of hydrogen-bond donors (Lipinski definition) is 1. The lowest BCUT2D eigenvalue weighted by Gasteiger charge is -2.19. The van der Waals surface area contributed by atoms with Gasteiger partial charge in [0.25, 0.3) is 5.91 Å². The normalized spacial score (nSPS) is 20.4. The highest BCUT2D eigenvalue weighted by atomic mass is 32.1. The first-order valence-corrected chi connectivity index (χ1v) is 8.12. The van der Waals surface area contributed by atoms with E-state index in [0.29, 0.717) is 23.5 Å². The van der Waals surface area contributed by atoms with Crippen LogP contribution in [0.25, 0.3) is 10.6 Å². The van der Waals surface area contributed by atoms with E-state index in [-0.39, 0.29) is 18.1 Å². The standard InChI is InChI=1S/C16H14F2N2O3S/c1-16(15(22)23)4-5-20(8-16)14(21)12-7-24-13(19-12)9-2-3-10(17)11(18)6-9/h2-3,6-7H,4-5,8H2,1H3,(H,22,23). The molecule has 3 rings (SSSR count). The van der Waals surface area contributed by atoms with Crippen LogP contribution in [-0.4, -0.2) is 40.0 Å². The van der Waals surface area contributed by atoms with Gasteiger partial charge in [-0.25, -0.2) is 13.8 Å². The first-order valence-electron chi connectivity index (χ1n) is 7.24. The van der Waals surface area contributed by atoms with E-state index >= 15 is 0 Å². The first-order chi connectivity index (χ1) is 11.3. The van der Waals surface area contributed by atoms with Crippen LogP contribution >= 0.6 is 11.3 Å². The largest absolute Gasteiger partial charge is 0.481 e. The lowest BCUT2D eigenvalue weighted by Crippen LogP contribution is -2.35. The summed E-state index contributed by atoms with van der Waals surface area (Å²) in [5, 5.41) is 11.2. The molecule has 0 saturated carbocycles. The summed E-state index contributed by atoms with van der Waals surface area (Å²) in [5.41, 5.74) is -0.390. The summed E-state index contributed by atoms with van der Waals surface area (Å²) in [4.78, 5) is 29.4. The van der Waals surface area contributed by atoms with Crippen molar-refractivity contribution in [3.05, 3.63) is 40.9 Å². The minimum absolute atomic E-state index is 0.124. The Balaban J connectivity index is 1.79. The SMILES string of the molecule is CC1(C(=O)O)CCN(C(=O)c2csc(-c3ccc(F)c(F)c3)n2)C1. The number of aliphatic carboxylic acids is 1. The minimum Gasteiger partial charge on any atom is -0.481 e. The van der Waals surface area contributed by atoms with E-state index in [4.69, 9.17) is 0 Å². The lowest BCUT2D eigenvalue weighted by atomic mass is 9.90. The minimum atomic E-state index is -0.979. The predicted molar refractivity (Wildman–Crippen MR) is 83.7 cm³/mol. The van der Waals surface area contributed by atoms with Crippen molar-refractivity contribution in [3.8, 4) is 10.6 Å². The highest BCUT2D eigenvalue weighted by Gasteiger charge is 2.42. The summed E-state index contributed by atoms with van der Waals surface area (Å²) in [6.45, 7) is 2.08. The molecule has 1 unspecified atom stereocenters. The third-order valence-corrected chi connectivity index (χ3v) is 5.06. The zero-order valence-corrected chi connectivity index (χ0v) is 13.6. The van der Waals surface area contributed by atoms with Gasteiger partial charge in [-0.3, -0.25) is 9.59 Å². The van der Waals surface area contributed by atoms with E-state index in [1.807, 2.05) is 0 Å². The summed E-state index contributed by atoms with van der Waals surface area (Å²) in [6.07, 6.45) is 0.383. The molecule has 1 amide bonds. The third kappa shape index (κ3) is 2.89. The highest BCUT2D eigenvalue weighted by molar-refractivity contribution is 7.13. The van der Waals surface area contributed by atoms with Gasteiger partial charge in [-0.15, -0.1) is 11.3 Å². The van der Waals surface area contributed by atoms with Crippen LogP contribution in [0, 0.1) is 17.0 Å². The molecule has 24 heavy (non-hydrogen) atoms. The Bertz CT molecular complexity index is 823. The number of carbonyl (C=O) groups excluding carboxylic acids is 1. The van der Waals surface area contributed by atoms with Crippen molar-refractivity contribution < 1.29 is 23.5 Å². The number of amides is 1. The van der Waals surface area contributed by atoms with Crippen molar-refractivity contribution in [2.45, 2.75) is 13.3 Å². The Morgan fingerprint density at radius 2 is 2.08 bits per heavy atom. The number of hydrogen-bond acceptors (Lipinski definition) is 4. The number of likely N-dealkylation sites (tertiary alicyclic amines) is 1. The number of rotatable bonds is 3. The van der Waals surface area contributed by atoms with Gasteiger partial charge in [-0.2, -0.15) is 0 Å². The highest BCUT2D eigenvalue weighted by Crippen LogP contribution is 2.32. The number of benzene rings is 1. The van der Waals surface area contributed by atoms with E-state index in [1.165, 1.54) is 16.3 Å². The first kappa shape index (κ1) is 16.5. The number of aromatic nitrogens is 1. The van der Waals surface area contributed by atoms with Gasteiger partial charge in [0.15, 0.2) is 11.6 Å². The summed E-state index contributed by atoms with van der Waals surface area (Å²) in [5.74, 6) is -3.22. The second kappa shape index (κ2) is 5.94. The molecule has 1 fully saturated rings. The van der Waals surface area contributed by atoms with Gasteiger partial charge in [0, 0.05) is 24.0 Å². The maximum absolute atomic E-state index is 13.3. The molecular weight excluding hydrogens is 338 g/mol. The molecular formula is C16H14F2N2O3S. The summed E-state index contributed by atoms with van der Waals surface area (Å²) in [6, 6.07) is 3.43. The Kier molecular flexibility index (Phi) is 4.08. The van der Waals surface area contributed by atoms with Crippen LogP contribution < -0.4 is 0 Å². The van der Waals surface area contributed by atoms with E-state index in [0.717, 1.165) is 23.5 Å². The fourth-order valence-corrected chi connectivity index (χ4v) is 3.40. The number of thiazole rings is 1. The van der Waals surface area contributed by atoms with Gasteiger partial charge in [-0.1, -0.05) is 0 Å². The molecule has 5 nitrogen and oxygen atoms in total. The number of carbonyl (C=O) groups is 2. The molecule has 1 N–H and O–H groups in total. The van der Waals surface area contributed by atoms with Gasteiger partial charge < -0.3 is 10.0 Å². The van der Waals surface area contributed by atoms with Gasteiger partial charge >= 0.3 is 5.97 Å². The van der Waals surface area contributed by atoms with Gasteiger partial charge in [0.1, 0.15) is 10.7 Å². The van der Waals surface area contributed by atoms with E-state index < -0.39 is 23.0 Å². The Hall–Kier alpha value is -2.35. The van der Waals surface area contributed by atoms with Crippen LogP contribution in [0.4, 0.5) is 8.78 Å². The van der Waals surface area contributed by atoms with Crippen molar-refractivity contribution in [1.29, 1.82) is 0 Å². The molecule has 2 aromatic rings. The van der Waals surface area contributed by atoms with Gasteiger partial charge in [-0.05, 0) is 31.5 Å². The van der Waals surface area contributed by atoms with E-state index in [2.05, 4.69) is 4.98 Å². The average molecular weight is 352 g/mol. The predicted octanol–water partition coefficient (Wildman–Crippen LogP) is 3.03. The van der Waals surface area contributed by atoms with Crippen LogP contribution in [-0.2, 0) is 4.79 Å². The van der Waals surface area contributed by atoms with E-state index in [1.54, 1.807) is 6.92 Å². The topological polar surface area (TPSA) is 70.5 Å². The number of carboxylic acids is 1. The molecule has 1 atom stereocenters. The lowest BCUT2D eigenvalue weighted by molar-refractivity contribution is -0.147. The second-order valence-corrected chi connectivity index (χ2v) is 6.87. The molecule has 1 saturated heterocycles. The fourth-order valence-electron chi connectivity index (χ4n) is 2.60. The third-order valence-electron chi connectivity index (χ3n) is 4.17. The van der Waals surface area contributed by atoms with Crippen LogP contribution in [0.3, 0.4) is 0 Å². The molecule has 1 aliphatic heterocycles. The van der Waals surface area contributed by atoms with Crippen molar-refractivity contribution in [2.75, 3.05) is 13.1 Å². The average Bonchev–Trinajstić information content (AvgIpc) is 3.17. The monoisotopic (exact) mass is 352 g/mol. The Morgan fingerprint density at radius 3 is 2.71 bits per heavy atom. The van der Waals surface area contributed by atoms with Crippen molar-refractivity contribution in [3.63, 3.8) is 0 Å². The number of nitrogens with zero attached hydrogens (tertiary/aromatic N) is 2.